The van der Waals surface area contributed by atoms with Gasteiger partial charge in [-0.1, -0.05) is 24.3 Å². The van der Waals surface area contributed by atoms with Crippen LogP contribution in [-0.4, -0.2) is 38.8 Å². The second-order valence-corrected chi connectivity index (χ2v) is 11.1. The highest BCUT2D eigenvalue weighted by atomic mass is 32.1. The lowest BCUT2D eigenvalue weighted by Gasteiger charge is -2.39. The van der Waals surface area contributed by atoms with E-state index in [1.165, 1.54) is 34.4 Å². The van der Waals surface area contributed by atoms with E-state index < -0.39 is 6.09 Å². The number of aromatic nitrogens is 2. The lowest BCUT2D eigenvalue weighted by molar-refractivity contribution is 0.110. The zero-order valence-electron chi connectivity index (χ0n) is 21.6. The number of phenols is 1. The normalized spacial score (nSPS) is 18.6. The number of nitrogens with zero attached hydrogens (tertiary/aromatic N) is 2. The van der Waals surface area contributed by atoms with Crippen molar-refractivity contribution in [1.82, 2.24) is 14.5 Å². The molecule has 0 spiro atoms. The van der Waals surface area contributed by atoms with Crippen molar-refractivity contribution in [1.29, 1.82) is 5.41 Å². The highest BCUT2D eigenvalue weighted by Crippen LogP contribution is 2.42. The Morgan fingerprint density at radius 2 is 2.03 bits per heavy atom. The van der Waals surface area contributed by atoms with E-state index in [9.17, 15) is 9.90 Å². The fraction of sp³-hybridized carbons (Fsp3) is 0.267. The minimum absolute atomic E-state index is 0.0329. The molecule has 0 saturated carbocycles. The van der Waals surface area contributed by atoms with Crippen molar-refractivity contribution < 1.29 is 19.4 Å². The van der Waals surface area contributed by atoms with Crippen LogP contribution in [0.4, 0.5) is 4.79 Å². The van der Waals surface area contributed by atoms with E-state index in [2.05, 4.69) is 29.3 Å². The van der Waals surface area contributed by atoms with Crippen molar-refractivity contribution in [3.63, 3.8) is 0 Å². The average Bonchev–Trinajstić information content (AvgIpc) is 3.48. The molecule has 1 aliphatic heterocycles. The monoisotopic (exact) mass is 542 g/mol. The van der Waals surface area contributed by atoms with Gasteiger partial charge in [0.15, 0.2) is 4.80 Å². The summed E-state index contributed by atoms with van der Waals surface area (Å²) in [5.41, 5.74) is 3.36. The molecule has 2 atom stereocenters. The van der Waals surface area contributed by atoms with Gasteiger partial charge >= 0.3 is 6.09 Å². The van der Waals surface area contributed by atoms with Crippen molar-refractivity contribution >= 4 is 28.3 Å². The largest absolute Gasteiger partial charge is 0.508 e. The van der Waals surface area contributed by atoms with Crippen LogP contribution in [0.3, 0.4) is 0 Å². The van der Waals surface area contributed by atoms with Gasteiger partial charge < -0.3 is 24.1 Å². The number of nitrogens with one attached hydrogen (secondary N) is 2. The van der Waals surface area contributed by atoms with Crippen molar-refractivity contribution in [2.24, 2.45) is 5.92 Å². The number of phenolic OH excluding ortho intramolecular Hbond substituents is 1. The SMILES string of the molecule is Cc1cn(CCOC2=CCC(C3c4[nH]c5ccccc5c4CCN3C(=O)Oc3ccc(O)cc3)C=C2)c(=N)s1. The number of benzene rings is 2. The number of allylic oxidation sites excluding steroid dienone is 2. The lowest BCUT2D eigenvalue weighted by Crippen LogP contribution is -2.44. The van der Waals surface area contributed by atoms with Gasteiger partial charge in [-0.15, -0.1) is 11.3 Å². The van der Waals surface area contributed by atoms with Crippen molar-refractivity contribution in [2.45, 2.75) is 32.4 Å². The first-order valence-corrected chi connectivity index (χ1v) is 13.9. The highest BCUT2D eigenvalue weighted by Gasteiger charge is 2.38. The Hall–Kier alpha value is -4.24. The van der Waals surface area contributed by atoms with Crippen LogP contribution in [0, 0.1) is 18.3 Å². The van der Waals surface area contributed by atoms with Gasteiger partial charge in [-0.2, -0.15) is 0 Å². The molecule has 2 aliphatic rings. The number of aryl methyl sites for hydroxylation is 1. The smallest absolute Gasteiger partial charge is 0.415 e. The molecule has 2 unspecified atom stereocenters. The second kappa shape index (κ2) is 10.5. The maximum Gasteiger partial charge on any atom is 0.415 e. The predicted octanol–water partition coefficient (Wildman–Crippen LogP) is 5.80. The van der Waals surface area contributed by atoms with E-state index in [4.69, 9.17) is 14.9 Å². The summed E-state index contributed by atoms with van der Waals surface area (Å²) < 4.78 is 13.6. The number of aromatic amines is 1. The van der Waals surface area contributed by atoms with E-state index in [1.54, 1.807) is 12.1 Å². The number of para-hydroxylation sites is 1. The van der Waals surface area contributed by atoms with E-state index in [0.29, 0.717) is 36.7 Å². The Morgan fingerprint density at radius 3 is 2.77 bits per heavy atom. The summed E-state index contributed by atoms with van der Waals surface area (Å²) in [6.45, 7) is 3.64. The first-order valence-electron chi connectivity index (χ1n) is 13.1. The molecular weight excluding hydrogens is 512 g/mol. The van der Waals surface area contributed by atoms with Crippen LogP contribution in [0.15, 0.2) is 78.7 Å². The van der Waals surface area contributed by atoms with Crippen molar-refractivity contribution in [3.8, 4) is 11.5 Å². The number of fused-ring (bicyclic) bond motifs is 3. The molecule has 0 saturated heterocycles. The zero-order chi connectivity index (χ0) is 26.9. The quantitative estimate of drug-likeness (QED) is 0.287. The molecule has 39 heavy (non-hydrogen) atoms. The first kappa shape index (κ1) is 25.1. The third kappa shape index (κ3) is 5.09. The lowest BCUT2D eigenvalue weighted by atomic mass is 9.84. The minimum Gasteiger partial charge on any atom is -0.508 e. The van der Waals surface area contributed by atoms with Gasteiger partial charge in [0, 0.05) is 40.1 Å². The summed E-state index contributed by atoms with van der Waals surface area (Å²) in [6, 6.07) is 14.2. The minimum atomic E-state index is -0.413. The summed E-state index contributed by atoms with van der Waals surface area (Å²) >= 11 is 1.46. The Bertz CT molecular complexity index is 1630. The standard InChI is InChI=1S/C30H30N4O4S/c1-19-18-33(29(31)39-19)16-17-37-22-10-6-20(7-11-22)28-27-25(24-4-2-3-5-26(24)32-27)14-15-34(28)30(36)38-23-12-8-21(35)9-13-23/h2-6,8-13,18,20,28,31-32,35H,7,14-17H2,1H3. The highest BCUT2D eigenvalue weighted by molar-refractivity contribution is 7.09. The van der Waals surface area contributed by atoms with Crippen molar-refractivity contribution in [2.75, 3.05) is 13.2 Å². The van der Waals surface area contributed by atoms with Crippen LogP contribution in [0.5, 0.6) is 11.5 Å². The molecule has 6 rings (SSSR count). The van der Waals surface area contributed by atoms with Crippen LogP contribution < -0.4 is 9.54 Å². The number of carbonyl (C=O) groups is 1. The topological polar surface area (TPSA) is 104 Å². The van der Waals surface area contributed by atoms with Crippen molar-refractivity contribution in [3.05, 3.63) is 99.7 Å². The second-order valence-electron chi connectivity index (χ2n) is 9.87. The van der Waals surface area contributed by atoms with Crippen LogP contribution in [0.25, 0.3) is 10.9 Å². The fourth-order valence-electron chi connectivity index (χ4n) is 5.50. The van der Waals surface area contributed by atoms with Gasteiger partial charge in [-0.05, 0) is 67.8 Å². The summed E-state index contributed by atoms with van der Waals surface area (Å²) in [5.74, 6) is 1.35. The Kier molecular flexibility index (Phi) is 6.74. The number of aromatic hydroxyl groups is 1. The molecular formula is C30H30N4O4S. The number of ether oxygens (including phenoxy) is 2. The van der Waals surface area contributed by atoms with Crippen LogP contribution in [-0.2, 0) is 17.7 Å². The molecule has 3 N–H and O–H groups in total. The number of carbonyl (C=O) groups excluding carboxylic acids is 1. The molecule has 0 bridgehead atoms. The van der Waals surface area contributed by atoms with Gasteiger partial charge in [0.1, 0.15) is 23.9 Å². The van der Waals surface area contributed by atoms with Crippen LogP contribution in [0.2, 0.25) is 0 Å². The molecule has 9 heteroatoms. The molecule has 0 radical (unpaired) electrons. The van der Waals surface area contributed by atoms with Gasteiger partial charge in [0.2, 0.25) is 0 Å². The summed E-state index contributed by atoms with van der Waals surface area (Å²) in [6.07, 6.45) is 9.20. The Morgan fingerprint density at radius 1 is 1.21 bits per heavy atom. The fourth-order valence-corrected chi connectivity index (χ4v) is 6.24. The summed E-state index contributed by atoms with van der Waals surface area (Å²) in [5, 5.41) is 18.8. The molecule has 2 aromatic heterocycles. The first-order chi connectivity index (χ1) is 19.0. The van der Waals surface area contributed by atoms with Gasteiger partial charge in [0.25, 0.3) is 0 Å². The third-order valence-electron chi connectivity index (χ3n) is 7.32. The molecule has 200 valence electrons. The molecule has 2 aromatic carbocycles. The number of thiazole rings is 1. The summed E-state index contributed by atoms with van der Waals surface area (Å²) in [7, 11) is 0. The molecule has 1 amide bonds. The maximum absolute atomic E-state index is 13.4. The Labute approximate surface area is 229 Å². The molecule has 1 aliphatic carbocycles. The number of H-pyrrole nitrogens is 1. The number of rotatable bonds is 6. The summed E-state index contributed by atoms with van der Waals surface area (Å²) in [4.78, 5) is 20.5. The number of hydrogen-bond acceptors (Lipinski definition) is 6. The molecule has 3 heterocycles. The molecule has 0 fully saturated rings. The number of hydrogen-bond donors (Lipinski definition) is 3. The number of amides is 1. The van der Waals surface area contributed by atoms with E-state index in [-0.39, 0.29) is 17.7 Å². The van der Waals surface area contributed by atoms with Crippen LogP contribution in [0.1, 0.15) is 28.6 Å². The average molecular weight is 543 g/mol. The molecule has 8 nitrogen and oxygen atoms in total. The molecule has 4 aromatic rings. The van der Waals surface area contributed by atoms with Gasteiger partial charge in [-0.3, -0.25) is 10.3 Å². The zero-order valence-corrected chi connectivity index (χ0v) is 22.4. The van der Waals surface area contributed by atoms with E-state index in [0.717, 1.165) is 28.3 Å². The van der Waals surface area contributed by atoms with Gasteiger partial charge in [-0.25, -0.2) is 4.79 Å². The maximum atomic E-state index is 13.4. The Balaban J connectivity index is 1.22. The third-order valence-corrected chi connectivity index (χ3v) is 8.17. The van der Waals surface area contributed by atoms with E-state index >= 15 is 0 Å². The van der Waals surface area contributed by atoms with Gasteiger partial charge in [0.05, 0.1) is 12.6 Å². The van der Waals surface area contributed by atoms with E-state index in [1.807, 2.05) is 40.8 Å². The van der Waals surface area contributed by atoms with Crippen LogP contribution >= 0.6 is 11.3 Å². The predicted molar refractivity (Wildman–Crippen MR) is 150 cm³/mol.